The average molecular weight is 791 g/mol. The summed E-state index contributed by atoms with van der Waals surface area (Å²) in [5, 5.41) is 11.3. The number of rotatable bonds is 5. The monoisotopic (exact) mass is 790 g/mol. The lowest BCUT2D eigenvalue weighted by atomic mass is 9.91. The van der Waals surface area contributed by atoms with Gasteiger partial charge in [-0.15, -0.1) is 0 Å². The van der Waals surface area contributed by atoms with Crippen molar-refractivity contribution < 1.29 is 4.42 Å². The molecule has 0 radical (unpaired) electrons. The lowest BCUT2D eigenvalue weighted by Gasteiger charge is -2.17. The van der Waals surface area contributed by atoms with Crippen molar-refractivity contribution >= 4 is 76.1 Å². The van der Waals surface area contributed by atoms with Gasteiger partial charge in [-0.05, 0) is 86.6 Å². The quantitative estimate of drug-likeness (QED) is 0.174. The van der Waals surface area contributed by atoms with E-state index in [-0.39, 0.29) is 0 Å². The minimum atomic E-state index is 0.589. The molecule has 0 saturated heterocycles. The molecule has 5 heteroatoms. The molecule has 0 aliphatic rings. The smallest absolute Gasteiger partial charge is 0.164 e. The first-order chi connectivity index (χ1) is 30.7. The predicted octanol–water partition coefficient (Wildman–Crippen LogP) is 15.0. The minimum Gasteiger partial charge on any atom is -0.455 e. The van der Waals surface area contributed by atoms with Crippen LogP contribution in [0.15, 0.2) is 211 Å². The van der Waals surface area contributed by atoms with E-state index in [0.29, 0.717) is 17.5 Å². The Hall–Kier alpha value is -8.41. The Labute approximate surface area is 355 Å². The number of aromatic nitrogens is 4. The number of benzene rings is 10. The molecule has 13 rings (SSSR count). The number of para-hydroxylation sites is 2. The molecule has 0 saturated carbocycles. The molecule has 5 nitrogen and oxygen atoms in total. The van der Waals surface area contributed by atoms with Crippen LogP contribution in [0.3, 0.4) is 0 Å². The molecule has 288 valence electrons. The van der Waals surface area contributed by atoms with Gasteiger partial charge in [0.25, 0.3) is 0 Å². The Kier molecular flexibility index (Phi) is 7.54. The SMILES string of the molecule is c1ccc(-c2nc(-c3ccc(-n4c5ccccc5c5cc6ccccc6cc54)cc3-c3cc4ccccc4c4oc5ccccc5c34)nc(-c3cccc4ccccc34)n2)cc1. The van der Waals surface area contributed by atoms with E-state index < -0.39 is 0 Å². The van der Waals surface area contributed by atoms with Gasteiger partial charge in [-0.2, -0.15) is 0 Å². The molecule has 0 spiro atoms. The third-order valence-corrected chi connectivity index (χ3v) is 12.4. The predicted molar refractivity (Wildman–Crippen MR) is 256 cm³/mol. The van der Waals surface area contributed by atoms with Crippen LogP contribution in [-0.4, -0.2) is 19.5 Å². The van der Waals surface area contributed by atoms with Crippen molar-refractivity contribution in [2.75, 3.05) is 0 Å². The summed E-state index contributed by atoms with van der Waals surface area (Å²) < 4.78 is 9.18. The second-order valence-corrected chi connectivity index (χ2v) is 15.9. The van der Waals surface area contributed by atoms with Gasteiger partial charge in [-0.25, -0.2) is 15.0 Å². The lowest BCUT2D eigenvalue weighted by Crippen LogP contribution is -2.02. The topological polar surface area (TPSA) is 56.7 Å². The van der Waals surface area contributed by atoms with Crippen LogP contribution in [0.4, 0.5) is 0 Å². The van der Waals surface area contributed by atoms with E-state index in [1.54, 1.807) is 0 Å². The van der Waals surface area contributed by atoms with Gasteiger partial charge in [0.2, 0.25) is 0 Å². The maximum atomic E-state index is 6.78. The largest absolute Gasteiger partial charge is 0.455 e. The van der Waals surface area contributed by atoms with Crippen molar-refractivity contribution in [2.45, 2.75) is 0 Å². The first-order valence-electron chi connectivity index (χ1n) is 20.9. The Morgan fingerprint density at radius 3 is 1.81 bits per heavy atom. The van der Waals surface area contributed by atoms with Crippen LogP contribution < -0.4 is 0 Å². The van der Waals surface area contributed by atoms with Gasteiger partial charge in [-0.3, -0.25) is 0 Å². The second kappa shape index (κ2) is 13.6. The van der Waals surface area contributed by atoms with Crippen LogP contribution in [0.25, 0.3) is 127 Å². The third kappa shape index (κ3) is 5.32. The zero-order valence-electron chi connectivity index (χ0n) is 33.3. The first-order valence-corrected chi connectivity index (χ1v) is 20.9. The van der Waals surface area contributed by atoms with E-state index >= 15 is 0 Å². The third-order valence-electron chi connectivity index (χ3n) is 12.4. The normalized spacial score (nSPS) is 11.9. The van der Waals surface area contributed by atoms with Gasteiger partial charge in [0.15, 0.2) is 17.5 Å². The zero-order chi connectivity index (χ0) is 40.7. The van der Waals surface area contributed by atoms with Gasteiger partial charge in [-0.1, -0.05) is 158 Å². The maximum absolute atomic E-state index is 6.78. The standard InChI is InChI=1S/C57H34N4O/c1-2-16-36(17-3-1)55-58-56(44-26-14-21-35-15-6-8-22-41(35)44)60-57(59-55)45-30-29-40(61-50-27-12-10-24-43(50)48-31-37-18-4-5-19-38(37)33-51(48)61)34-47(45)49-32-39-20-7-9-23-42(39)54-53(49)46-25-11-13-28-52(46)62-54/h1-34H. The molecular weight excluding hydrogens is 757 g/mol. The molecule has 10 aromatic carbocycles. The van der Waals surface area contributed by atoms with Crippen molar-refractivity contribution in [3.05, 3.63) is 206 Å². The Balaban J connectivity index is 1.16. The fourth-order valence-corrected chi connectivity index (χ4v) is 9.55. The van der Waals surface area contributed by atoms with Crippen molar-refractivity contribution in [3.63, 3.8) is 0 Å². The van der Waals surface area contributed by atoms with Crippen LogP contribution >= 0.6 is 0 Å². The number of nitrogens with zero attached hydrogens (tertiary/aromatic N) is 4. The number of fused-ring (bicyclic) bond motifs is 10. The molecule has 0 bridgehead atoms. The molecule has 3 aromatic heterocycles. The van der Waals surface area contributed by atoms with Crippen molar-refractivity contribution in [3.8, 4) is 51.0 Å². The van der Waals surface area contributed by atoms with Gasteiger partial charge >= 0.3 is 0 Å². The van der Waals surface area contributed by atoms with E-state index in [2.05, 4.69) is 187 Å². The first kappa shape index (κ1) is 34.5. The minimum absolute atomic E-state index is 0.589. The Morgan fingerprint density at radius 1 is 0.339 bits per heavy atom. The van der Waals surface area contributed by atoms with E-state index in [0.717, 1.165) is 88.0 Å². The summed E-state index contributed by atoms with van der Waals surface area (Å²) in [7, 11) is 0. The second-order valence-electron chi connectivity index (χ2n) is 15.9. The molecule has 0 unspecified atom stereocenters. The number of furan rings is 1. The molecule has 0 aliphatic heterocycles. The molecule has 0 aliphatic carbocycles. The van der Waals surface area contributed by atoms with Gasteiger partial charge in [0, 0.05) is 49.3 Å². The van der Waals surface area contributed by atoms with Crippen LogP contribution in [0.5, 0.6) is 0 Å². The molecule has 0 atom stereocenters. The average Bonchev–Trinajstić information content (AvgIpc) is 3.89. The molecule has 3 heterocycles. The molecule has 13 aromatic rings. The van der Waals surface area contributed by atoms with E-state index in [9.17, 15) is 0 Å². The number of hydrogen-bond donors (Lipinski definition) is 0. The van der Waals surface area contributed by atoms with Crippen molar-refractivity contribution in [2.24, 2.45) is 0 Å². The molecule has 62 heavy (non-hydrogen) atoms. The number of hydrogen-bond acceptors (Lipinski definition) is 4. The van der Waals surface area contributed by atoms with Crippen LogP contribution in [0.1, 0.15) is 0 Å². The Morgan fingerprint density at radius 2 is 0.968 bits per heavy atom. The highest BCUT2D eigenvalue weighted by atomic mass is 16.3. The molecule has 0 fully saturated rings. The van der Waals surface area contributed by atoms with Gasteiger partial charge in [0.05, 0.1) is 11.0 Å². The summed E-state index contributed by atoms with van der Waals surface area (Å²) in [6.45, 7) is 0. The maximum Gasteiger partial charge on any atom is 0.164 e. The Bertz CT molecular complexity index is 3930. The van der Waals surface area contributed by atoms with Crippen molar-refractivity contribution in [1.82, 2.24) is 19.5 Å². The molecular formula is C57H34N4O. The summed E-state index contributed by atoms with van der Waals surface area (Å²) in [4.78, 5) is 15.9. The zero-order valence-corrected chi connectivity index (χ0v) is 33.3. The fraction of sp³-hybridized carbons (Fsp3) is 0. The highest BCUT2D eigenvalue weighted by Crippen LogP contribution is 2.45. The van der Waals surface area contributed by atoms with E-state index in [1.165, 1.54) is 21.5 Å². The van der Waals surface area contributed by atoms with Crippen LogP contribution in [0, 0.1) is 0 Å². The lowest BCUT2D eigenvalue weighted by molar-refractivity contribution is 0.673. The summed E-state index contributed by atoms with van der Waals surface area (Å²) in [5.41, 5.74) is 9.81. The van der Waals surface area contributed by atoms with Gasteiger partial charge in [0.1, 0.15) is 11.2 Å². The summed E-state index contributed by atoms with van der Waals surface area (Å²) in [6, 6.07) is 72.8. The summed E-state index contributed by atoms with van der Waals surface area (Å²) in [5.74, 6) is 1.82. The van der Waals surface area contributed by atoms with E-state index in [4.69, 9.17) is 19.4 Å². The van der Waals surface area contributed by atoms with Crippen LogP contribution in [-0.2, 0) is 0 Å². The van der Waals surface area contributed by atoms with Crippen molar-refractivity contribution in [1.29, 1.82) is 0 Å². The summed E-state index contributed by atoms with van der Waals surface area (Å²) in [6.07, 6.45) is 0. The van der Waals surface area contributed by atoms with Gasteiger partial charge < -0.3 is 8.98 Å². The van der Waals surface area contributed by atoms with Crippen LogP contribution in [0.2, 0.25) is 0 Å². The highest BCUT2D eigenvalue weighted by molar-refractivity contribution is 6.22. The van der Waals surface area contributed by atoms with E-state index in [1.807, 2.05) is 24.3 Å². The molecule has 0 N–H and O–H groups in total. The molecule has 0 amide bonds. The fourth-order valence-electron chi connectivity index (χ4n) is 9.55. The highest BCUT2D eigenvalue weighted by Gasteiger charge is 2.23. The summed E-state index contributed by atoms with van der Waals surface area (Å²) >= 11 is 0.